The Kier molecular flexibility index (Phi) is 1.93. The molecule has 0 aromatic heterocycles. The third-order valence-electron chi connectivity index (χ3n) is 2.93. The van der Waals surface area contributed by atoms with Crippen LogP contribution in [0.2, 0.25) is 0 Å². The maximum atomic E-state index is 11.8. The lowest BCUT2D eigenvalue weighted by atomic mass is 9.75. The van der Waals surface area contributed by atoms with Gasteiger partial charge in [0.15, 0.2) is 0 Å². The van der Waals surface area contributed by atoms with Gasteiger partial charge in [0, 0.05) is 25.6 Å². The van der Waals surface area contributed by atoms with Crippen molar-refractivity contribution >= 4 is 5.78 Å². The van der Waals surface area contributed by atoms with Gasteiger partial charge in [-0.1, -0.05) is 6.92 Å². The molecule has 0 amide bonds. The number of ether oxygens (including phenoxy) is 1. The highest BCUT2D eigenvalue weighted by Gasteiger charge is 2.43. The van der Waals surface area contributed by atoms with E-state index in [-0.39, 0.29) is 11.3 Å². The van der Waals surface area contributed by atoms with E-state index in [0.29, 0.717) is 12.4 Å². The molecule has 1 N–H and O–H groups in total. The van der Waals surface area contributed by atoms with Crippen LogP contribution in [-0.2, 0) is 9.53 Å². The van der Waals surface area contributed by atoms with Crippen LogP contribution >= 0.6 is 0 Å². The number of ketones is 1. The fourth-order valence-corrected chi connectivity index (χ4v) is 1.91. The number of hydrogen-bond donors (Lipinski definition) is 1. The Balaban J connectivity index is 1.98. The largest absolute Gasteiger partial charge is 0.381 e. The fraction of sp³-hybridized carbons (Fsp3) is 0.889. The predicted octanol–water partition coefficient (Wildman–Crippen LogP) is 0.201. The average molecular weight is 169 g/mol. The molecular weight excluding hydrogens is 154 g/mol. The average Bonchev–Trinajstić information content (AvgIpc) is 2.50. The molecule has 0 radical (unpaired) electrons. The Morgan fingerprint density at radius 1 is 1.58 bits per heavy atom. The second-order valence-corrected chi connectivity index (χ2v) is 4.09. The van der Waals surface area contributed by atoms with E-state index >= 15 is 0 Å². The Morgan fingerprint density at radius 3 is 2.75 bits per heavy atom. The van der Waals surface area contributed by atoms with Gasteiger partial charge in [0.2, 0.25) is 0 Å². The highest BCUT2D eigenvalue weighted by molar-refractivity contribution is 5.88. The summed E-state index contributed by atoms with van der Waals surface area (Å²) in [6.45, 7) is 5.16. The fourth-order valence-electron chi connectivity index (χ4n) is 1.91. The van der Waals surface area contributed by atoms with Gasteiger partial charge in [-0.05, 0) is 6.42 Å². The summed E-state index contributed by atoms with van der Waals surface area (Å²) in [4.78, 5) is 11.8. The molecule has 2 fully saturated rings. The molecular formula is C9H15NO2. The summed E-state index contributed by atoms with van der Waals surface area (Å²) in [5, 5.41) is 3.14. The van der Waals surface area contributed by atoms with E-state index in [0.717, 1.165) is 26.1 Å². The lowest BCUT2D eigenvalue weighted by Gasteiger charge is -2.39. The Morgan fingerprint density at radius 2 is 2.33 bits per heavy atom. The summed E-state index contributed by atoms with van der Waals surface area (Å²) in [6, 6.07) is 0. The standard InChI is InChI=1S/C9H15NO2/c1-9(5-10-6-9)8(11)7-2-3-12-4-7/h7,10H,2-6H2,1H3. The second kappa shape index (κ2) is 2.82. The first kappa shape index (κ1) is 8.20. The second-order valence-electron chi connectivity index (χ2n) is 4.09. The summed E-state index contributed by atoms with van der Waals surface area (Å²) in [6.07, 6.45) is 0.925. The van der Waals surface area contributed by atoms with Gasteiger partial charge in [-0.25, -0.2) is 0 Å². The molecule has 2 aliphatic rings. The van der Waals surface area contributed by atoms with E-state index < -0.39 is 0 Å². The highest BCUT2D eigenvalue weighted by atomic mass is 16.5. The maximum Gasteiger partial charge on any atom is 0.146 e. The molecule has 0 aromatic carbocycles. The van der Waals surface area contributed by atoms with Gasteiger partial charge in [0.1, 0.15) is 5.78 Å². The van der Waals surface area contributed by atoms with E-state index in [2.05, 4.69) is 5.32 Å². The van der Waals surface area contributed by atoms with Gasteiger partial charge >= 0.3 is 0 Å². The Labute approximate surface area is 72.5 Å². The molecule has 2 heterocycles. The molecule has 2 saturated heterocycles. The SMILES string of the molecule is CC1(C(=O)C2CCOC2)CNC1. The van der Waals surface area contributed by atoms with Crippen LogP contribution in [0.25, 0.3) is 0 Å². The van der Waals surface area contributed by atoms with E-state index in [1.54, 1.807) is 0 Å². The Bertz CT molecular complexity index is 193. The van der Waals surface area contributed by atoms with Crippen LogP contribution in [0.5, 0.6) is 0 Å². The number of carbonyl (C=O) groups excluding carboxylic acids is 1. The van der Waals surface area contributed by atoms with Gasteiger partial charge in [0.05, 0.1) is 12.0 Å². The zero-order chi connectivity index (χ0) is 8.60. The van der Waals surface area contributed by atoms with Crippen LogP contribution in [0.3, 0.4) is 0 Å². The molecule has 0 saturated carbocycles. The molecule has 68 valence electrons. The van der Waals surface area contributed by atoms with Crippen LogP contribution in [-0.4, -0.2) is 32.1 Å². The summed E-state index contributed by atoms with van der Waals surface area (Å²) >= 11 is 0. The molecule has 3 heteroatoms. The van der Waals surface area contributed by atoms with Gasteiger partial charge in [-0.3, -0.25) is 4.79 Å². The summed E-state index contributed by atoms with van der Waals surface area (Å²) in [5.74, 6) is 0.579. The minimum atomic E-state index is -0.0850. The minimum absolute atomic E-state index is 0.0850. The predicted molar refractivity (Wildman–Crippen MR) is 44.9 cm³/mol. The normalized spacial score (nSPS) is 32.9. The smallest absolute Gasteiger partial charge is 0.146 e. The van der Waals surface area contributed by atoms with Crippen LogP contribution < -0.4 is 5.32 Å². The zero-order valence-electron chi connectivity index (χ0n) is 7.43. The van der Waals surface area contributed by atoms with E-state index in [9.17, 15) is 4.79 Å². The number of hydrogen-bond acceptors (Lipinski definition) is 3. The lowest BCUT2D eigenvalue weighted by molar-refractivity contribution is -0.134. The summed E-state index contributed by atoms with van der Waals surface area (Å²) in [5.41, 5.74) is -0.0850. The lowest BCUT2D eigenvalue weighted by Crippen LogP contribution is -2.57. The van der Waals surface area contributed by atoms with Crippen molar-refractivity contribution in [2.24, 2.45) is 11.3 Å². The number of Topliss-reactive ketones (excluding diaryl/α,β-unsaturated/α-hetero) is 1. The summed E-state index contributed by atoms with van der Waals surface area (Å²) in [7, 11) is 0. The molecule has 1 unspecified atom stereocenters. The highest BCUT2D eigenvalue weighted by Crippen LogP contribution is 2.29. The number of carbonyl (C=O) groups is 1. The molecule has 0 aromatic rings. The quantitative estimate of drug-likeness (QED) is 0.642. The maximum absolute atomic E-state index is 11.8. The van der Waals surface area contributed by atoms with Crippen LogP contribution in [0.1, 0.15) is 13.3 Å². The molecule has 2 rings (SSSR count). The van der Waals surface area contributed by atoms with E-state index in [1.165, 1.54) is 0 Å². The van der Waals surface area contributed by atoms with Crippen molar-refractivity contribution < 1.29 is 9.53 Å². The topological polar surface area (TPSA) is 38.3 Å². The van der Waals surface area contributed by atoms with Gasteiger partial charge in [-0.15, -0.1) is 0 Å². The molecule has 0 spiro atoms. The van der Waals surface area contributed by atoms with E-state index in [1.807, 2.05) is 6.92 Å². The molecule has 3 nitrogen and oxygen atoms in total. The van der Waals surface area contributed by atoms with Crippen LogP contribution in [0, 0.1) is 11.3 Å². The zero-order valence-corrected chi connectivity index (χ0v) is 7.43. The molecule has 0 aliphatic carbocycles. The molecule has 2 aliphatic heterocycles. The first-order valence-electron chi connectivity index (χ1n) is 4.55. The van der Waals surface area contributed by atoms with Gasteiger partial charge in [-0.2, -0.15) is 0 Å². The van der Waals surface area contributed by atoms with Crippen LogP contribution in [0.4, 0.5) is 0 Å². The van der Waals surface area contributed by atoms with E-state index in [4.69, 9.17) is 4.74 Å². The molecule has 0 bridgehead atoms. The van der Waals surface area contributed by atoms with Crippen molar-refractivity contribution in [3.05, 3.63) is 0 Å². The van der Waals surface area contributed by atoms with Crippen molar-refractivity contribution in [2.45, 2.75) is 13.3 Å². The van der Waals surface area contributed by atoms with Crippen molar-refractivity contribution in [1.29, 1.82) is 0 Å². The monoisotopic (exact) mass is 169 g/mol. The van der Waals surface area contributed by atoms with Crippen molar-refractivity contribution in [3.8, 4) is 0 Å². The Hall–Kier alpha value is -0.410. The third-order valence-corrected chi connectivity index (χ3v) is 2.93. The van der Waals surface area contributed by atoms with Crippen molar-refractivity contribution in [2.75, 3.05) is 26.3 Å². The number of nitrogens with one attached hydrogen (secondary N) is 1. The van der Waals surface area contributed by atoms with Gasteiger partial charge < -0.3 is 10.1 Å². The van der Waals surface area contributed by atoms with Crippen molar-refractivity contribution in [1.82, 2.24) is 5.32 Å². The molecule has 1 atom stereocenters. The van der Waals surface area contributed by atoms with Crippen molar-refractivity contribution in [3.63, 3.8) is 0 Å². The van der Waals surface area contributed by atoms with Gasteiger partial charge in [0.25, 0.3) is 0 Å². The first-order valence-corrected chi connectivity index (χ1v) is 4.55. The third kappa shape index (κ3) is 1.17. The first-order chi connectivity index (χ1) is 5.72. The summed E-state index contributed by atoms with van der Waals surface area (Å²) < 4.78 is 5.20. The van der Waals surface area contributed by atoms with Crippen LogP contribution in [0.15, 0.2) is 0 Å². The number of rotatable bonds is 2. The minimum Gasteiger partial charge on any atom is -0.381 e. The molecule has 12 heavy (non-hydrogen) atoms.